The molecule has 2 aromatic heterocycles. The van der Waals surface area contributed by atoms with Crippen LogP contribution in [-0.2, 0) is 13.1 Å². The van der Waals surface area contributed by atoms with Crippen LogP contribution in [0.5, 0.6) is 0 Å². The highest BCUT2D eigenvalue weighted by molar-refractivity contribution is 7.21. The predicted molar refractivity (Wildman–Crippen MR) is 112 cm³/mol. The van der Waals surface area contributed by atoms with Gasteiger partial charge in [0.05, 0.1) is 11.9 Å². The number of nitrogens with zero attached hydrogens (tertiary/aromatic N) is 2. The largest absolute Gasteiger partial charge is 0.309 e. The smallest absolute Gasteiger partial charge is 0.259 e. The van der Waals surface area contributed by atoms with E-state index >= 15 is 0 Å². The summed E-state index contributed by atoms with van der Waals surface area (Å²) in [7, 11) is 2.04. The number of nitrogens with one attached hydrogen (secondary N) is 1. The molecule has 4 nitrogen and oxygen atoms in total. The van der Waals surface area contributed by atoms with E-state index < -0.39 is 0 Å². The van der Waals surface area contributed by atoms with Gasteiger partial charge in [-0.1, -0.05) is 60.2 Å². The first kappa shape index (κ1) is 17.6. The third-order valence-electron chi connectivity index (χ3n) is 4.50. The lowest BCUT2D eigenvalue weighted by Crippen LogP contribution is -2.21. The average Bonchev–Trinajstić information content (AvgIpc) is 3.09. The second-order valence-corrected chi connectivity index (χ2v) is 7.90. The van der Waals surface area contributed by atoms with Gasteiger partial charge in [0.15, 0.2) is 0 Å². The second-order valence-electron chi connectivity index (χ2n) is 6.87. The van der Waals surface area contributed by atoms with Crippen LogP contribution in [0.25, 0.3) is 20.7 Å². The fourth-order valence-corrected chi connectivity index (χ4v) is 4.17. The number of aromatic amines is 1. The van der Waals surface area contributed by atoms with E-state index in [4.69, 9.17) is 4.98 Å². The summed E-state index contributed by atoms with van der Waals surface area (Å²) in [6, 6.07) is 20.5. The molecule has 0 fully saturated rings. The number of benzene rings is 2. The van der Waals surface area contributed by atoms with Crippen LogP contribution in [0, 0.1) is 6.92 Å². The maximum atomic E-state index is 12.5. The summed E-state index contributed by atoms with van der Waals surface area (Å²) in [5, 5.41) is 0.656. The summed E-state index contributed by atoms with van der Waals surface area (Å²) in [4.78, 5) is 24.2. The summed E-state index contributed by atoms with van der Waals surface area (Å²) < 4.78 is 0. The topological polar surface area (TPSA) is 49.0 Å². The monoisotopic (exact) mass is 375 g/mol. The predicted octanol–water partition coefficient (Wildman–Crippen LogP) is 4.59. The molecule has 0 amide bonds. The lowest BCUT2D eigenvalue weighted by atomic mass is 10.1. The molecule has 5 heteroatoms. The Morgan fingerprint density at radius 1 is 1.04 bits per heavy atom. The van der Waals surface area contributed by atoms with Crippen molar-refractivity contribution >= 4 is 21.6 Å². The molecule has 1 N–H and O–H groups in total. The van der Waals surface area contributed by atoms with Gasteiger partial charge in [-0.05, 0) is 31.2 Å². The van der Waals surface area contributed by atoms with Crippen LogP contribution < -0.4 is 5.56 Å². The molecule has 0 aliphatic rings. The lowest BCUT2D eigenvalue weighted by Gasteiger charge is -2.16. The van der Waals surface area contributed by atoms with Gasteiger partial charge in [-0.3, -0.25) is 9.69 Å². The molecule has 0 bridgehead atoms. The van der Waals surface area contributed by atoms with Crippen molar-refractivity contribution in [3.05, 3.63) is 88.0 Å². The molecule has 0 unspecified atom stereocenters. The van der Waals surface area contributed by atoms with E-state index in [-0.39, 0.29) is 5.56 Å². The van der Waals surface area contributed by atoms with Crippen LogP contribution in [0.4, 0.5) is 0 Å². The summed E-state index contributed by atoms with van der Waals surface area (Å²) in [5.74, 6) is 0.698. The minimum Gasteiger partial charge on any atom is -0.309 e. The van der Waals surface area contributed by atoms with Crippen LogP contribution in [-0.4, -0.2) is 21.9 Å². The first-order chi connectivity index (χ1) is 13.1. The van der Waals surface area contributed by atoms with Crippen LogP contribution in [0.15, 0.2) is 65.5 Å². The molecular formula is C22H21N3OS. The minimum absolute atomic E-state index is 0.0721. The van der Waals surface area contributed by atoms with E-state index in [1.165, 1.54) is 11.1 Å². The number of aromatic nitrogens is 2. The van der Waals surface area contributed by atoms with E-state index in [9.17, 15) is 4.79 Å². The molecule has 4 rings (SSSR count). The maximum Gasteiger partial charge on any atom is 0.259 e. The molecule has 136 valence electrons. The van der Waals surface area contributed by atoms with Gasteiger partial charge in [0.1, 0.15) is 10.7 Å². The first-order valence-corrected chi connectivity index (χ1v) is 9.72. The number of fused-ring (bicyclic) bond motifs is 1. The molecule has 2 heterocycles. The minimum atomic E-state index is -0.0721. The number of thiophene rings is 1. The van der Waals surface area contributed by atoms with Crippen molar-refractivity contribution in [1.82, 2.24) is 14.9 Å². The zero-order chi connectivity index (χ0) is 18.8. The molecular weight excluding hydrogens is 354 g/mol. The summed E-state index contributed by atoms with van der Waals surface area (Å²) in [6.45, 7) is 3.49. The molecule has 0 radical (unpaired) electrons. The van der Waals surface area contributed by atoms with Crippen LogP contribution in [0.3, 0.4) is 0 Å². The van der Waals surface area contributed by atoms with Crippen LogP contribution in [0.2, 0.25) is 0 Å². The lowest BCUT2D eigenvalue weighted by molar-refractivity contribution is 0.311. The average molecular weight is 375 g/mol. The van der Waals surface area contributed by atoms with Crippen molar-refractivity contribution in [3.63, 3.8) is 0 Å². The van der Waals surface area contributed by atoms with Gasteiger partial charge >= 0.3 is 0 Å². The fourth-order valence-electron chi connectivity index (χ4n) is 3.11. The van der Waals surface area contributed by atoms with Crippen molar-refractivity contribution in [3.8, 4) is 10.4 Å². The number of H-pyrrole nitrogens is 1. The molecule has 27 heavy (non-hydrogen) atoms. The van der Waals surface area contributed by atoms with Crippen molar-refractivity contribution in [2.75, 3.05) is 7.05 Å². The van der Waals surface area contributed by atoms with E-state index in [1.54, 1.807) is 11.3 Å². The Labute approximate surface area is 162 Å². The number of aryl methyl sites for hydroxylation is 1. The van der Waals surface area contributed by atoms with Gasteiger partial charge in [0, 0.05) is 11.4 Å². The Hall–Kier alpha value is -2.76. The molecule has 0 saturated heterocycles. The SMILES string of the molecule is Cc1ccc(CN(C)Cc2nc3sc(-c4ccccc4)cc3c(=O)[nH]2)cc1. The van der Waals surface area contributed by atoms with Crippen molar-refractivity contribution < 1.29 is 0 Å². The fraction of sp³-hybridized carbons (Fsp3) is 0.182. The Morgan fingerprint density at radius 2 is 1.78 bits per heavy atom. The summed E-state index contributed by atoms with van der Waals surface area (Å²) in [5.41, 5.74) is 3.54. The highest BCUT2D eigenvalue weighted by atomic mass is 32.1. The number of rotatable bonds is 5. The number of hydrogen-bond acceptors (Lipinski definition) is 4. The van der Waals surface area contributed by atoms with E-state index in [2.05, 4.69) is 53.2 Å². The molecule has 0 aliphatic heterocycles. The van der Waals surface area contributed by atoms with Gasteiger partial charge in [-0.25, -0.2) is 4.98 Å². The van der Waals surface area contributed by atoms with Gasteiger partial charge < -0.3 is 4.98 Å². The zero-order valence-electron chi connectivity index (χ0n) is 15.4. The molecule has 0 atom stereocenters. The maximum absolute atomic E-state index is 12.5. The first-order valence-electron chi connectivity index (χ1n) is 8.91. The zero-order valence-corrected chi connectivity index (χ0v) is 16.2. The van der Waals surface area contributed by atoms with Gasteiger partial charge in [-0.15, -0.1) is 11.3 Å². The van der Waals surface area contributed by atoms with Crippen molar-refractivity contribution in [2.45, 2.75) is 20.0 Å². The summed E-state index contributed by atoms with van der Waals surface area (Å²) in [6.07, 6.45) is 0. The highest BCUT2D eigenvalue weighted by Crippen LogP contribution is 2.30. The van der Waals surface area contributed by atoms with Crippen LogP contribution >= 0.6 is 11.3 Å². The molecule has 0 saturated carbocycles. The normalized spacial score (nSPS) is 11.4. The molecule has 0 spiro atoms. The Morgan fingerprint density at radius 3 is 2.52 bits per heavy atom. The van der Waals surface area contributed by atoms with Crippen LogP contribution in [0.1, 0.15) is 17.0 Å². The Kier molecular flexibility index (Phi) is 4.88. The summed E-state index contributed by atoms with van der Waals surface area (Å²) >= 11 is 1.56. The van der Waals surface area contributed by atoms with Gasteiger partial charge in [-0.2, -0.15) is 0 Å². The number of hydrogen-bond donors (Lipinski definition) is 1. The standard InChI is InChI=1S/C22H21N3OS/c1-15-8-10-16(11-9-15)13-25(2)14-20-23-21(26)18-12-19(27-22(18)24-20)17-6-4-3-5-7-17/h3-12H,13-14H2,1-2H3,(H,23,24,26). The van der Waals surface area contributed by atoms with Gasteiger partial charge in [0.25, 0.3) is 5.56 Å². The van der Waals surface area contributed by atoms with E-state index in [1.807, 2.05) is 31.3 Å². The third-order valence-corrected chi connectivity index (χ3v) is 5.58. The third kappa shape index (κ3) is 3.99. The Bertz CT molecular complexity index is 1110. The van der Waals surface area contributed by atoms with Crippen molar-refractivity contribution in [1.29, 1.82) is 0 Å². The second kappa shape index (κ2) is 7.47. The van der Waals surface area contributed by atoms with E-state index in [0.29, 0.717) is 17.8 Å². The van der Waals surface area contributed by atoms with Gasteiger partial charge in [0.2, 0.25) is 0 Å². The molecule has 0 aliphatic carbocycles. The quantitative estimate of drug-likeness (QED) is 0.555. The Balaban J connectivity index is 1.57. The van der Waals surface area contributed by atoms with E-state index in [0.717, 1.165) is 21.8 Å². The molecule has 4 aromatic rings. The highest BCUT2D eigenvalue weighted by Gasteiger charge is 2.11. The molecule has 2 aromatic carbocycles. The van der Waals surface area contributed by atoms with Crippen molar-refractivity contribution in [2.24, 2.45) is 0 Å².